The lowest BCUT2D eigenvalue weighted by Gasteiger charge is -2.09. The molecule has 1 aromatic carbocycles. The van der Waals surface area contributed by atoms with E-state index in [0.29, 0.717) is 0 Å². The number of halogens is 2. The summed E-state index contributed by atoms with van der Waals surface area (Å²) in [5, 5.41) is 4.88. The molecule has 0 radical (unpaired) electrons. The molecule has 0 spiro atoms. The first kappa shape index (κ1) is 11.7. The van der Waals surface area contributed by atoms with Crippen molar-refractivity contribution in [3.8, 4) is 0 Å². The summed E-state index contributed by atoms with van der Waals surface area (Å²) in [4.78, 5) is 22.1. The molecular formula is C11H10F2N2O2. The Balaban J connectivity index is 1.98. The lowest BCUT2D eigenvalue weighted by atomic mass is 10.2. The molecule has 1 aliphatic heterocycles. The Labute approximate surface area is 96.0 Å². The van der Waals surface area contributed by atoms with Gasteiger partial charge < -0.3 is 5.32 Å². The van der Waals surface area contributed by atoms with Crippen molar-refractivity contribution >= 4 is 11.8 Å². The smallest absolute Gasteiger partial charge is 0.244 e. The Bertz CT molecular complexity index is 477. The monoisotopic (exact) mass is 240 g/mol. The molecule has 1 atom stereocenters. The molecule has 1 aromatic rings. The number of carbonyl (C=O) groups is 2. The molecule has 1 aliphatic rings. The molecule has 1 heterocycles. The van der Waals surface area contributed by atoms with Gasteiger partial charge >= 0.3 is 0 Å². The molecule has 0 saturated carbocycles. The van der Waals surface area contributed by atoms with Gasteiger partial charge in [-0.15, -0.1) is 0 Å². The highest BCUT2D eigenvalue weighted by Crippen LogP contribution is 2.10. The Kier molecular flexibility index (Phi) is 3.14. The van der Waals surface area contributed by atoms with E-state index in [1.807, 2.05) is 0 Å². The van der Waals surface area contributed by atoms with Crippen LogP contribution in [0.5, 0.6) is 0 Å². The predicted octanol–water partition coefficient (Wildman–Crippen LogP) is 0.469. The molecule has 2 rings (SSSR count). The zero-order valence-corrected chi connectivity index (χ0v) is 8.80. The van der Waals surface area contributed by atoms with Crippen LogP contribution in [0.15, 0.2) is 18.2 Å². The largest absolute Gasteiger partial charge is 0.301 e. The average molecular weight is 240 g/mol. The fourth-order valence-corrected chi connectivity index (χ4v) is 1.62. The summed E-state index contributed by atoms with van der Waals surface area (Å²) in [7, 11) is 0. The van der Waals surface area contributed by atoms with Crippen LogP contribution in [-0.4, -0.2) is 17.9 Å². The van der Waals surface area contributed by atoms with Gasteiger partial charge in [-0.2, -0.15) is 0 Å². The Morgan fingerprint density at radius 3 is 2.71 bits per heavy atom. The molecule has 1 saturated heterocycles. The third-order valence-electron chi connectivity index (χ3n) is 2.52. The highest BCUT2D eigenvalue weighted by Gasteiger charge is 2.29. The van der Waals surface area contributed by atoms with Gasteiger partial charge in [0.05, 0.1) is 12.5 Å². The fourth-order valence-electron chi connectivity index (χ4n) is 1.62. The topological polar surface area (TPSA) is 58.2 Å². The first-order valence-corrected chi connectivity index (χ1v) is 5.07. The summed E-state index contributed by atoms with van der Waals surface area (Å²) in [6, 6.07) is 2.57. The van der Waals surface area contributed by atoms with Crippen LogP contribution in [0, 0.1) is 11.6 Å². The fraction of sp³-hybridized carbons (Fsp3) is 0.273. The second kappa shape index (κ2) is 4.58. The van der Waals surface area contributed by atoms with Gasteiger partial charge in [0.25, 0.3) is 0 Å². The van der Waals surface area contributed by atoms with Crippen molar-refractivity contribution in [2.75, 3.05) is 0 Å². The third kappa shape index (κ3) is 2.65. The maximum Gasteiger partial charge on any atom is 0.244 e. The van der Waals surface area contributed by atoms with E-state index in [-0.39, 0.29) is 24.4 Å². The molecule has 6 heteroatoms. The molecular weight excluding hydrogens is 230 g/mol. The van der Waals surface area contributed by atoms with Gasteiger partial charge in [-0.25, -0.2) is 8.78 Å². The summed E-state index contributed by atoms with van der Waals surface area (Å²) in [5.41, 5.74) is 0.249. The van der Waals surface area contributed by atoms with Crippen molar-refractivity contribution in [1.82, 2.24) is 10.6 Å². The van der Waals surface area contributed by atoms with Gasteiger partial charge in [-0.3, -0.25) is 14.9 Å². The van der Waals surface area contributed by atoms with Crippen LogP contribution in [0.25, 0.3) is 0 Å². The van der Waals surface area contributed by atoms with Crippen molar-refractivity contribution in [3.05, 3.63) is 35.4 Å². The number of nitrogens with one attached hydrogen (secondary N) is 2. The van der Waals surface area contributed by atoms with Crippen molar-refractivity contribution in [3.63, 3.8) is 0 Å². The molecule has 90 valence electrons. The quantitative estimate of drug-likeness (QED) is 0.755. The van der Waals surface area contributed by atoms with Crippen LogP contribution in [0.4, 0.5) is 8.78 Å². The van der Waals surface area contributed by atoms with E-state index in [1.165, 1.54) is 6.07 Å². The highest BCUT2D eigenvalue weighted by atomic mass is 19.1. The van der Waals surface area contributed by atoms with E-state index < -0.39 is 23.6 Å². The number of benzene rings is 1. The van der Waals surface area contributed by atoms with E-state index in [4.69, 9.17) is 0 Å². The molecule has 2 amide bonds. The molecule has 0 aliphatic carbocycles. The van der Waals surface area contributed by atoms with Crippen molar-refractivity contribution in [2.45, 2.75) is 19.0 Å². The highest BCUT2D eigenvalue weighted by molar-refractivity contribution is 6.05. The van der Waals surface area contributed by atoms with Gasteiger partial charge in [0.2, 0.25) is 11.8 Å². The van der Waals surface area contributed by atoms with Gasteiger partial charge in [0.15, 0.2) is 0 Å². The van der Waals surface area contributed by atoms with E-state index in [9.17, 15) is 18.4 Å². The van der Waals surface area contributed by atoms with Crippen LogP contribution in [0.2, 0.25) is 0 Å². The van der Waals surface area contributed by atoms with Crippen molar-refractivity contribution in [2.24, 2.45) is 0 Å². The Morgan fingerprint density at radius 2 is 2.12 bits per heavy atom. The molecule has 0 aromatic heterocycles. The number of imide groups is 1. The van der Waals surface area contributed by atoms with Gasteiger partial charge in [0.1, 0.15) is 11.6 Å². The maximum absolute atomic E-state index is 13.3. The second-order valence-electron chi connectivity index (χ2n) is 3.79. The molecule has 17 heavy (non-hydrogen) atoms. The summed E-state index contributed by atoms with van der Waals surface area (Å²) in [6.07, 6.45) is 0.0433. The maximum atomic E-state index is 13.3. The van der Waals surface area contributed by atoms with E-state index in [2.05, 4.69) is 10.6 Å². The van der Waals surface area contributed by atoms with Crippen LogP contribution < -0.4 is 10.6 Å². The molecule has 0 bridgehead atoms. The first-order chi connectivity index (χ1) is 8.06. The normalized spacial score (nSPS) is 19.5. The molecule has 4 nitrogen and oxygen atoms in total. The Morgan fingerprint density at radius 1 is 1.35 bits per heavy atom. The zero-order chi connectivity index (χ0) is 12.4. The number of hydrogen-bond donors (Lipinski definition) is 2. The van der Waals surface area contributed by atoms with Crippen LogP contribution in [-0.2, 0) is 16.1 Å². The molecule has 2 N–H and O–H groups in total. The van der Waals surface area contributed by atoms with Crippen LogP contribution in [0.1, 0.15) is 12.0 Å². The van der Waals surface area contributed by atoms with Gasteiger partial charge in [0, 0.05) is 18.2 Å². The number of hydrogen-bond acceptors (Lipinski definition) is 3. The van der Waals surface area contributed by atoms with Gasteiger partial charge in [-0.05, 0) is 6.07 Å². The lowest BCUT2D eigenvalue weighted by Crippen LogP contribution is -2.36. The minimum Gasteiger partial charge on any atom is -0.301 e. The van der Waals surface area contributed by atoms with Crippen molar-refractivity contribution < 1.29 is 18.4 Å². The minimum atomic E-state index is -0.678. The summed E-state index contributed by atoms with van der Waals surface area (Å²) in [5.74, 6) is -2.10. The zero-order valence-electron chi connectivity index (χ0n) is 8.80. The van der Waals surface area contributed by atoms with E-state index in [1.54, 1.807) is 0 Å². The minimum absolute atomic E-state index is 0.0433. The van der Waals surface area contributed by atoms with Crippen molar-refractivity contribution in [1.29, 1.82) is 0 Å². The summed E-state index contributed by atoms with van der Waals surface area (Å²) in [6.45, 7) is 0.0669. The predicted molar refractivity (Wildman–Crippen MR) is 54.8 cm³/mol. The Hall–Kier alpha value is -1.82. The summed E-state index contributed by atoms with van der Waals surface area (Å²) < 4.78 is 25.9. The van der Waals surface area contributed by atoms with Crippen LogP contribution >= 0.6 is 0 Å². The number of rotatable bonds is 3. The van der Waals surface area contributed by atoms with Crippen LogP contribution in [0.3, 0.4) is 0 Å². The second-order valence-corrected chi connectivity index (χ2v) is 3.79. The molecule has 1 unspecified atom stereocenters. The lowest BCUT2D eigenvalue weighted by molar-refractivity contribution is -0.125. The summed E-state index contributed by atoms with van der Waals surface area (Å²) >= 11 is 0. The first-order valence-electron chi connectivity index (χ1n) is 5.07. The standard InChI is InChI=1S/C11H10F2N2O2/c12-7-2-1-6(8(13)3-7)5-14-9-4-10(16)15-11(9)17/h1-3,9,14H,4-5H2,(H,15,16,17). The number of amides is 2. The average Bonchev–Trinajstić information content (AvgIpc) is 2.56. The molecule has 1 fully saturated rings. The third-order valence-corrected chi connectivity index (χ3v) is 2.52. The van der Waals surface area contributed by atoms with E-state index in [0.717, 1.165) is 12.1 Å². The van der Waals surface area contributed by atoms with E-state index >= 15 is 0 Å². The number of carbonyl (C=O) groups excluding carboxylic acids is 2. The SMILES string of the molecule is O=C1CC(NCc2ccc(F)cc2F)C(=O)N1. The van der Waals surface area contributed by atoms with Gasteiger partial charge in [-0.1, -0.05) is 6.07 Å².